The summed E-state index contributed by atoms with van der Waals surface area (Å²) < 4.78 is 45.2. The fourth-order valence-electron chi connectivity index (χ4n) is 2.53. The number of piperidine rings is 1. The summed E-state index contributed by atoms with van der Waals surface area (Å²) in [6.45, 7) is 3.96. The third-order valence-corrected chi connectivity index (χ3v) is 3.63. The van der Waals surface area contributed by atoms with Crippen LogP contribution < -0.4 is 0 Å². The van der Waals surface area contributed by atoms with Crippen molar-refractivity contribution in [1.29, 1.82) is 0 Å². The van der Waals surface area contributed by atoms with Crippen LogP contribution in [0.25, 0.3) is 0 Å². The molecule has 1 aromatic rings. The molecule has 1 aromatic carbocycles. The minimum atomic E-state index is -1.61. The minimum Gasteiger partial charge on any atom is -0.381 e. The average molecular weight is 301 g/mol. The van der Waals surface area contributed by atoms with Gasteiger partial charge in [0.2, 0.25) is 0 Å². The van der Waals surface area contributed by atoms with Crippen LogP contribution in [0.15, 0.2) is 12.1 Å². The third kappa shape index (κ3) is 3.56. The molecule has 6 heteroatoms. The Labute approximate surface area is 121 Å². The quantitative estimate of drug-likeness (QED) is 0.800. The molecule has 116 valence electrons. The highest BCUT2D eigenvalue weighted by Crippen LogP contribution is 2.22. The van der Waals surface area contributed by atoms with E-state index in [9.17, 15) is 18.0 Å². The first-order chi connectivity index (χ1) is 10.0. The summed E-state index contributed by atoms with van der Waals surface area (Å²) >= 11 is 0. The molecule has 1 atom stereocenters. The number of nitrogens with zero attached hydrogens (tertiary/aromatic N) is 1. The lowest BCUT2D eigenvalue weighted by Crippen LogP contribution is -2.41. The van der Waals surface area contributed by atoms with E-state index in [-0.39, 0.29) is 5.92 Å². The number of halogens is 3. The summed E-state index contributed by atoms with van der Waals surface area (Å²) in [5.74, 6) is -4.74. The van der Waals surface area contributed by atoms with Gasteiger partial charge in [-0.25, -0.2) is 13.2 Å². The molecule has 0 radical (unpaired) electrons. The number of hydrogen-bond donors (Lipinski definition) is 0. The topological polar surface area (TPSA) is 29.5 Å². The summed E-state index contributed by atoms with van der Waals surface area (Å²) in [7, 11) is 0. The predicted octanol–water partition coefficient (Wildman–Crippen LogP) is 2.99. The molecule has 1 fully saturated rings. The molecule has 0 aliphatic carbocycles. The molecular weight excluding hydrogens is 283 g/mol. The molecule has 1 amide bonds. The molecule has 2 rings (SSSR count). The fourth-order valence-corrected chi connectivity index (χ4v) is 2.53. The van der Waals surface area contributed by atoms with Gasteiger partial charge in [0.05, 0.1) is 12.2 Å². The second kappa shape index (κ2) is 6.93. The van der Waals surface area contributed by atoms with Crippen LogP contribution >= 0.6 is 0 Å². The van der Waals surface area contributed by atoms with E-state index in [0.717, 1.165) is 25.0 Å². The van der Waals surface area contributed by atoms with Crippen LogP contribution in [0.1, 0.15) is 30.1 Å². The number of carbonyl (C=O) groups excluding carboxylic acids is 1. The number of hydrogen-bond acceptors (Lipinski definition) is 2. The van der Waals surface area contributed by atoms with Gasteiger partial charge in [-0.05, 0) is 37.8 Å². The number of likely N-dealkylation sites (tertiary alicyclic amines) is 1. The summed E-state index contributed by atoms with van der Waals surface area (Å²) in [6.07, 6.45) is 1.72. The van der Waals surface area contributed by atoms with Gasteiger partial charge in [0, 0.05) is 19.7 Å². The van der Waals surface area contributed by atoms with Gasteiger partial charge in [-0.15, -0.1) is 0 Å². The van der Waals surface area contributed by atoms with Gasteiger partial charge in [0.25, 0.3) is 5.91 Å². The molecule has 1 saturated heterocycles. The van der Waals surface area contributed by atoms with Crippen LogP contribution in [-0.4, -0.2) is 37.1 Å². The Morgan fingerprint density at radius 1 is 1.33 bits per heavy atom. The second-order valence-corrected chi connectivity index (χ2v) is 5.14. The Kier molecular flexibility index (Phi) is 5.22. The summed E-state index contributed by atoms with van der Waals surface area (Å²) in [5, 5.41) is 0. The molecular formula is C15H18F3NO2. The van der Waals surface area contributed by atoms with Crippen molar-refractivity contribution in [2.45, 2.75) is 19.8 Å². The van der Waals surface area contributed by atoms with E-state index in [2.05, 4.69) is 0 Å². The van der Waals surface area contributed by atoms with E-state index in [4.69, 9.17) is 4.74 Å². The van der Waals surface area contributed by atoms with Crippen molar-refractivity contribution in [2.24, 2.45) is 5.92 Å². The van der Waals surface area contributed by atoms with Gasteiger partial charge in [-0.2, -0.15) is 0 Å². The van der Waals surface area contributed by atoms with Crippen LogP contribution in [-0.2, 0) is 4.74 Å². The molecule has 0 bridgehead atoms. The lowest BCUT2D eigenvalue weighted by atomic mass is 9.98. The highest BCUT2D eigenvalue weighted by molar-refractivity contribution is 5.94. The van der Waals surface area contributed by atoms with Gasteiger partial charge in [0.15, 0.2) is 17.5 Å². The Morgan fingerprint density at radius 2 is 2.10 bits per heavy atom. The molecule has 21 heavy (non-hydrogen) atoms. The van der Waals surface area contributed by atoms with E-state index in [1.165, 1.54) is 4.90 Å². The summed E-state index contributed by atoms with van der Waals surface area (Å²) in [5.41, 5.74) is -0.425. The first-order valence-corrected chi connectivity index (χ1v) is 7.05. The maximum absolute atomic E-state index is 13.7. The smallest absolute Gasteiger partial charge is 0.256 e. The van der Waals surface area contributed by atoms with E-state index >= 15 is 0 Å². The van der Waals surface area contributed by atoms with E-state index in [1.807, 2.05) is 6.92 Å². The molecule has 1 unspecified atom stereocenters. The average Bonchev–Trinajstić information content (AvgIpc) is 2.50. The van der Waals surface area contributed by atoms with E-state index in [0.29, 0.717) is 26.3 Å². The first-order valence-electron chi connectivity index (χ1n) is 7.05. The molecule has 1 aliphatic heterocycles. The SMILES string of the molecule is CCOCC1CCCN(C(=O)c2ccc(F)c(F)c2F)C1. The van der Waals surface area contributed by atoms with Gasteiger partial charge in [-0.1, -0.05) is 0 Å². The Hall–Kier alpha value is -1.56. The standard InChI is InChI=1S/C15H18F3NO2/c1-2-21-9-10-4-3-7-19(8-10)15(20)11-5-6-12(16)14(18)13(11)17/h5-6,10H,2-4,7-9H2,1H3. The maximum atomic E-state index is 13.7. The normalized spacial score (nSPS) is 18.9. The molecule has 0 aromatic heterocycles. The monoisotopic (exact) mass is 301 g/mol. The Bertz CT molecular complexity index is 522. The van der Waals surface area contributed by atoms with E-state index < -0.39 is 28.9 Å². The zero-order valence-electron chi connectivity index (χ0n) is 11.9. The van der Waals surface area contributed by atoms with Crippen molar-refractivity contribution in [3.8, 4) is 0 Å². The van der Waals surface area contributed by atoms with E-state index in [1.54, 1.807) is 0 Å². The largest absolute Gasteiger partial charge is 0.381 e. The zero-order valence-corrected chi connectivity index (χ0v) is 11.9. The van der Waals surface area contributed by atoms with Crippen LogP contribution in [0.3, 0.4) is 0 Å². The van der Waals surface area contributed by atoms with Crippen molar-refractivity contribution >= 4 is 5.91 Å². The molecule has 0 N–H and O–H groups in total. The first kappa shape index (κ1) is 15.8. The maximum Gasteiger partial charge on any atom is 0.256 e. The van der Waals surface area contributed by atoms with Crippen LogP contribution in [0, 0.1) is 23.4 Å². The molecule has 0 spiro atoms. The third-order valence-electron chi connectivity index (χ3n) is 3.63. The van der Waals surface area contributed by atoms with Gasteiger partial charge in [0.1, 0.15) is 0 Å². The summed E-state index contributed by atoms with van der Waals surface area (Å²) in [6, 6.07) is 1.76. The van der Waals surface area contributed by atoms with Gasteiger partial charge < -0.3 is 9.64 Å². The molecule has 0 saturated carbocycles. The van der Waals surface area contributed by atoms with Gasteiger partial charge in [-0.3, -0.25) is 4.79 Å². The van der Waals surface area contributed by atoms with Crippen LogP contribution in [0.2, 0.25) is 0 Å². The molecule has 1 aliphatic rings. The van der Waals surface area contributed by atoms with Crippen molar-refractivity contribution in [3.63, 3.8) is 0 Å². The van der Waals surface area contributed by atoms with Crippen molar-refractivity contribution in [1.82, 2.24) is 4.90 Å². The zero-order chi connectivity index (χ0) is 15.4. The molecule has 1 heterocycles. The van der Waals surface area contributed by atoms with Crippen molar-refractivity contribution < 1.29 is 22.7 Å². The Balaban J connectivity index is 2.11. The van der Waals surface area contributed by atoms with Crippen molar-refractivity contribution in [2.75, 3.05) is 26.3 Å². The number of amides is 1. The number of carbonyl (C=O) groups is 1. The predicted molar refractivity (Wildman–Crippen MR) is 71.4 cm³/mol. The highest BCUT2D eigenvalue weighted by Gasteiger charge is 2.27. The van der Waals surface area contributed by atoms with Crippen LogP contribution in [0.5, 0.6) is 0 Å². The lowest BCUT2D eigenvalue weighted by Gasteiger charge is -2.32. The van der Waals surface area contributed by atoms with Crippen molar-refractivity contribution in [3.05, 3.63) is 35.1 Å². The molecule has 3 nitrogen and oxygen atoms in total. The summed E-state index contributed by atoms with van der Waals surface area (Å²) in [4.78, 5) is 13.7. The second-order valence-electron chi connectivity index (χ2n) is 5.14. The fraction of sp³-hybridized carbons (Fsp3) is 0.533. The van der Waals surface area contributed by atoms with Crippen LogP contribution in [0.4, 0.5) is 13.2 Å². The highest BCUT2D eigenvalue weighted by atomic mass is 19.2. The minimum absolute atomic E-state index is 0.191. The van der Waals surface area contributed by atoms with Gasteiger partial charge >= 0.3 is 0 Å². The lowest BCUT2D eigenvalue weighted by molar-refractivity contribution is 0.0497. The number of benzene rings is 1. The number of rotatable bonds is 4. The number of ether oxygens (including phenoxy) is 1. The Morgan fingerprint density at radius 3 is 2.81 bits per heavy atom.